The largest absolute Gasteiger partial charge is 0.383 e. The lowest BCUT2D eigenvalue weighted by Crippen LogP contribution is -2.19. The van der Waals surface area contributed by atoms with Crippen molar-refractivity contribution in [1.29, 1.82) is 0 Å². The molecular formula is C13H16N6S. The fourth-order valence-electron chi connectivity index (χ4n) is 2.16. The third kappa shape index (κ3) is 2.63. The molecule has 0 aliphatic heterocycles. The number of rotatable bonds is 4. The zero-order valence-corrected chi connectivity index (χ0v) is 12.3. The number of anilines is 1. The summed E-state index contributed by atoms with van der Waals surface area (Å²) >= 11 is 1.59. The Kier molecular flexibility index (Phi) is 3.37. The van der Waals surface area contributed by atoms with Gasteiger partial charge in [0.2, 0.25) is 0 Å². The Hall–Kier alpha value is -1.99. The van der Waals surface area contributed by atoms with Crippen LogP contribution in [0.25, 0.3) is 10.2 Å². The van der Waals surface area contributed by atoms with Gasteiger partial charge in [-0.15, -0.1) is 11.3 Å². The summed E-state index contributed by atoms with van der Waals surface area (Å²) < 4.78 is 1.80. The summed E-state index contributed by atoms with van der Waals surface area (Å²) in [5, 5.41) is 7.09. The molecule has 2 N–H and O–H groups in total. The number of nitrogens with zero attached hydrogens (tertiary/aromatic N) is 5. The van der Waals surface area contributed by atoms with Gasteiger partial charge in [0.15, 0.2) is 0 Å². The summed E-state index contributed by atoms with van der Waals surface area (Å²) in [5.41, 5.74) is 7.12. The van der Waals surface area contributed by atoms with Gasteiger partial charge in [-0.3, -0.25) is 9.58 Å². The van der Waals surface area contributed by atoms with Gasteiger partial charge in [0.05, 0.1) is 18.1 Å². The molecule has 0 bridgehead atoms. The SMILES string of the molecule is CN(Cc1cnn(C)c1)Cc1nc(N)c2ccsc2n1. The first-order valence-electron chi connectivity index (χ1n) is 6.27. The Morgan fingerprint density at radius 3 is 2.95 bits per heavy atom. The zero-order chi connectivity index (χ0) is 14.1. The van der Waals surface area contributed by atoms with E-state index in [0.717, 1.165) is 22.6 Å². The van der Waals surface area contributed by atoms with E-state index in [1.807, 2.05) is 37.9 Å². The first-order valence-corrected chi connectivity index (χ1v) is 7.15. The molecule has 0 atom stereocenters. The van der Waals surface area contributed by atoms with Crippen LogP contribution in [0, 0.1) is 0 Å². The predicted molar refractivity (Wildman–Crippen MR) is 80.2 cm³/mol. The Bertz CT molecular complexity index is 731. The summed E-state index contributed by atoms with van der Waals surface area (Å²) in [6.07, 6.45) is 3.88. The Morgan fingerprint density at radius 2 is 2.20 bits per heavy atom. The van der Waals surface area contributed by atoms with Crippen LogP contribution in [0.1, 0.15) is 11.4 Å². The van der Waals surface area contributed by atoms with Crippen molar-refractivity contribution >= 4 is 27.4 Å². The highest BCUT2D eigenvalue weighted by Crippen LogP contribution is 2.23. The quantitative estimate of drug-likeness (QED) is 0.790. The molecule has 7 heteroatoms. The lowest BCUT2D eigenvalue weighted by molar-refractivity contribution is 0.311. The molecule has 0 unspecified atom stereocenters. The van der Waals surface area contributed by atoms with E-state index >= 15 is 0 Å². The van der Waals surface area contributed by atoms with Gasteiger partial charge in [-0.05, 0) is 18.5 Å². The number of hydrogen-bond donors (Lipinski definition) is 1. The maximum atomic E-state index is 5.96. The molecule has 104 valence electrons. The van der Waals surface area contributed by atoms with Crippen molar-refractivity contribution in [2.45, 2.75) is 13.1 Å². The smallest absolute Gasteiger partial charge is 0.146 e. The minimum Gasteiger partial charge on any atom is -0.383 e. The fourth-order valence-corrected chi connectivity index (χ4v) is 2.95. The molecule has 3 rings (SSSR count). The molecule has 0 spiro atoms. The van der Waals surface area contributed by atoms with Crippen LogP contribution >= 0.6 is 11.3 Å². The molecule has 3 aromatic rings. The van der Waals surface area contributed by atoms with E-state index in [1.165, 1.54) is 5.56 Å². The van der Waals surface area contributed by atoms with Gasteiger partial charge in [-0.1, -0.05) is 0 Å². The van der Waals surface area contributed by atoms with Crippen molar-refractivity contribution in [2.24, 2.45) is 7.05 Å². The molecule has 0 aliphatic carbocycles. The van der Waals surface area contributed by atoms with Gasteiger partial charge >= 0.3 is 0 Å². The molecule has 0 amide bonds. The second-order valence-electron chi connectivity index (χ2n) is 4.86. The number of aromatic nitrogens is 4. The molecule has 0 radical (unpaired) electrons. The number of hydrogen-bond acceptors (Lipinski definition) is 6. The number of nitrogen functional groups attached to an aromatic ring is 1. The van der Waals surface area contributed by atoms with Crippen LogP contribution in [-0.4, -0.2) is 31.7 Å². The van der Waals surface area contributed by atoms with E-state index in [0.29, 0.717) is 12.4 Å². The number of fused-ring (bicyclic) bond motifs is 1. The van der Waals surface area contributed by atoms with Crippen LogP contribution < -0.4 is 5.73 Å². The minimum atomic E-state index is 0.557. The normalized spacial score (nSPS) is 11.6. The molecule has 20 heavy (non-hydrogen) atoms. The van der Waals surface area contributed by atoms with Crippen LogP contribution in [0.5, 0.6) is 0 Å². The van der Waals surface area contributed by atoms with Crippen LogP contribution in [0.3, 0.4) is 0 Å². The summed E-state index contributed by atoms with van der Waals surface area (Å²) in [5.74, 6) is 1.31. The van der Waals surface area contributed by atoms with E-state index in [4.69, 9.17) is 5.73 Å². The predicted octanol–water partition coefficient (Wildman–Crippen LogP) is 1.64. The minimum absolute atomic E-state index is 0.557. The van der Waals surface area contributed by atoms with Crippen molar-refractivity contribution < 1.29 is 0 Å². The molecule has 0 aromatic carbocycles. The number of nitrogens with two attached hydrogens (primary N) is 1. The van der Waals surface area contributed by atoms with E-state index in [1.54, 1.807) is 16.0 Å². The Labute approximate surface area is 120 Å². The van der Waals surface area contributed by atoms with Gasteiger partial charge in [-0.25, -0.2) is 9.97 Å². The zero-order valence-electron chi connectivity index (χ0n) is 11.4. The lowest BCUT2D eigenvalue weighted by atomic mass is 10.3. The van der Waals surface area contributed by atoms with Crippen LogP contribution in [0.4, 0.5) is 5.82 Å². The summed E-state index contributed by atoms with van der Waals surface area (Å²) in [7, 11) is 3.95. The van der Waals surface area contributed by atoms with Crippen molar-refractivity contribution in [3.8, 4) is 0 Å². The lowest BCUT2D eigenvalue weighted by Gasteiger charge is -2.14. The van der Waals surface area contributed by atoms with E-state index in [-0.39, 0.29) is 0 Å². The summed E-state index contributed by atoms with van der Waals surface area (Å²) in [6, 6.07) is 1.96. The standard InChI is InChI=1S/C13H16N6S/c1-18(6-9-5-15-19(2)7-9)8-11-16-12(14)10-3-4-20-13(10)17-11/h3-5,7H,6,8H2,1-2H3,(H2,14,16,17). The highest BCUT2D eigenvalue weighted by molar-refractivity contribution is 7.16. The highest BCUT2D eigenvalue weighted by Gasteiger charge is 2.09. The third-order valence-corrected chi connectivity index (χ3v) is 3.83. The maximum Gasteiger partial charge on any atom is 0.146 e. The first-order chi connectivity index (χ1) is 9.61. The van der Waals surface area contributed by atoms with Crippen molar-refractivity contribution in [3.63, 3.8) is 0 Å². The number of thiophene rings is 1. The van der Waals surface area contributed by atoms with Gasteiger partial charge in [0.25, 0.3) is 0 Å². The van der Waals surface area contributed by atoms with Crippen LogP contribution in [0.2, 0.25) is 0 Å². The number of aryl methyl sites for hydroxylation is 1. The second-order valence-corrected chi connectivity index (χ2v) is 5.75. The Morgan fingerprint density at radius 1 is 1.35 bits per heavy atom. The van der Waals surface area contributed by atoms with Crippen LogP contribution in [-0.2, 0) is 20.1 Å². The molecule has 0 aliphatic rings. The van der Waals surface area contributed by atoms with Gasteiger partial charge in [-0.2, -0.15) is 5.10 Å². The maximum absolute atomic E-state index is 5.96. The van der Waals surface area contributed by atoms with Gasteiger partial charge in [0.1, 0.15) is 16.5 Å². The topological polar surface area (TPSA) is 72.9 Å². The molecule has 0 fully saturated rings. The summed E-state index contributed by atoms with van der Waals surface area (Å²) in [4.78, 5) is 12.0. The van der Waals surface area contributed by atoms with Crippen LogP contribution in [0.15, 0.2) is 23.8 Å². The molecule has 6 nitrogen and oxygen atoms in total. The summed E-state index contributed by atoms with van der Waals surface area (Å²) in [6.45, 7) is 1.46. The highest BCUT2D eigenvalue weighted by atomic mass is 32.1. The van der Waals surface area contributed by atoms with Crippen molar-refractivity contribution in [2.75, 3.05) is 12.8 Å². The van der Waals surface area contributed by atoms with E-state index in [2.05, 4.69) is 20.0 Å². The molecule has 0 saturated carbocycles. The van der Waals surface area contributed by atoms with E-state index < -0.39 is 0 Å². The van der Waals surface area contributed by atoms with Gasteiger partial charge in [0, 0.05) is 25.4 Å². The average Bonchev–Trinajstić information content (AvgIpc) is 2.98. The average molecular weight is 288 g/mol. The monoisotopic (exact) mass is 288 g/mol. The molecular weight excluding hydrogens is 272 g/mol. The first kappa shape index (κ1) is 13.0. The second kappa shape index (κ2) is 5.18. The molecule has 0 saturated heterocycles. The van der Waals surface area contributed by atoms with Crippen molar-refractivity contribution in [3.05, 3.63) is 35.2 Å². The third-order valence-electron chi connectivity index (χ3n) is 3.02. The molecule has 3 aromatic heterocycles. The molecule has 3 heterocycles. The fraction of sp³-hybridized carbons (Fsp3) is 0.308. The van der Waals surface area contributed by atoms with E-state index in [9.17, 15) is 0 Å². The van der Waals surface area contributed by atoms with Gasteiger partial charge < -0.3 is 5.73 Å². The Balaban J connectivity index is 1.75. The van der Waals surface area contributed by atoms with Crippen molar-refractivity contribution in [1.82, 2.24) is 24.6 Å².